The fourth-order valence-electron chi connectivity index (χ4n) is 2.63. The minimum atomic E-state index is -0.406. The molecule has 146 valence electrons. The number of halogens is 1. The van der Waals surface area contributed by atoms with Gasteiger partial charge in [0.05, 0.1) is 18.0 Å². The predicted octanol–water partition coefficient (Wildman–Crippen LogP) is 4.67. The number of anilines is 1. The number of hydrogen-bond donors (Lipinski definition) is 1. The summed E-state index contributed by atoms with van der Waals surface area (Å²) in [5.41, 5.74) is 2.66. The zero-order valence-electron chi connectivity index (χ0n) is 16.1. The Morgan fingerprint density at radius 2 is 1.89 bits per heavy atom. The van der Waals surface area contributed by atoms with Gasteiger partial charge in [-0.2, -0.15) is 0 Å². The molecular weight excluding hydrogens is 396 g/mol. The molecule has 1 heterocycles. The van der Waals surface area contributed by atoms with E-state index in [0.717, 1.165) is 11.5 Å². The lowest BCUT2D eigenvalue weighted by atomic mass is 10.2. The van der Waals surface area contributed by atoms with Gasteiger partial charge in [-0.1, -0.05) is 41.1 Å². The highest BCUT2D eigenvalue weighted by atomic mass is 35.5. The van der Waals surface area contributed by atoms with E-state index in [4.69, 9.17) is 16.3 Å². The summed E-state index contributed by atoms with van der Waals surface area (Å²) in [7, 11) is 1.55. The summed E-state index contributed by atoms with van der Waals surface area (Å²) in [5.74, 6) is 1.13. The van der Waals surface area contributed by atoms with Crippen molar-refractivity contribution in [2.75, 3.05) is 12.4 Å². The van der Waals surface area contributed by atoms with Gasteiger partial charge < -0.3 is 10.1 Å². The molecule has 0 radical (unpaired) electrons. The number of benzene rings is 2. The largest absolute Gasteiger partial charge is 0.495 e. The molecule has 0 aliphatic rings. The summed E-state index contributed by atoms with van der Waals surface area (Å²) in [6.45, 7) is 5.74. The van der Waals surface area contributed by atoms with Gasteiger partial charge in [0.1, 0.15) is 11.6 Å². The molecule has 0 fully saturated rings. The van der Waals surface area contributed by atoms with Crippen molar-refractivity contribution in [2.24, 2.45) is 0 Å². The smallest absolute Gasteiger partial charge is 0.237 e. The van der Waals surface area contributed by atoms with E-state index >= 15 is 0 Å². The lowest BCUT2D eigenvalue weighted by molar-refractivity contribution is -0.115. The average molecular weight is 417 g/mol. The molecule has 1 N–H and O–H groups in total. The summed E-state index contributed by atoms with van der Waals surface area (Å²) >= 11 is 7.37. The van der Waals surface area contributed by atoms with Crippen molar-refractivity contribution >= 4 is 35.0 Å². The van der Waals surface area contributed by atoms with E-state index in [1.165, 1.54) is 17.3 Å². The van der Waals surface area contributed by atoms with Crippen LogP contribution < -0.4 is 10.1 Å². The number of thioether (sulfide) groups is 1. The summed E-state index contributed by atoms with van der Waals surface area (Å²) in [5, 5.41) is 12.1. The Kier molecular flexibility index (Phi) is 6.26. The highest BCUT2D eigenvalue weighted by molar-refractivity contribution is 8.00. The molecule has 0 saturated carbocycles. The number of hydrogen-bond acceptors (Lipinski definition) is 5. The number of carbonyl (C=O) groups is 1. The Balaban J connectivity index is 1.78. The quantitative estimate of drug-likeness (QED) is 0.591. The summed E-state index contributed by atoms with van der Waals surface area (Å²) in [6.07, 6.45) is 0. The Morgan fingerprint density at radius 3 is 2.57 bits per heavy atom. The standard InChI is InChI=1S/C20H21ClN4O2S/c1-12-5-8-16(9-6-12)25-14(3)23-24-20(25)28-13(2)19(26)22-17-11-15(21)7-10-18(17)27-4/h5-11,13H,1-4H3,(H,22,26)/t13-/m1/s1. The Morgan fingerprint density at radius 1 is 1.18 bits per heavy atom. The summed E-state index contributed by atoms with van der Waals surface area (Å²) < 4.78 is 7.22. The maximum atomic E-state index is 12.7. The molecule has 1 amide bonds. The normalized spacial score (nSPS) is 11.9. The van der Waals surface area contributed by atoms with E-state index < -0.39 is 5.25 Å². The third-order valence-electron chi connectivity index (χ3n) is 4.16. The third-order valence-corrected chi connectivity index (χ3v) is 5.44. The van der Waals surface area contributed by atoms with Crippen LogP contribution in [0.4, 0.5) is 5.69 Å². The molecule has 0 aliphatic carbocycles. The topological polar surface area (TPSA) is 69.0 Å². The van der Waals surface area contributed by atoms with Crippen molar-refractivity contribution in [1.82, 2.24) is 14.8 Å². The number of carbonyl (C=O) groups excluding carboxylic acids is 1. The van der Waals surface area contributed by atoms with Crippen LogP contribution >= 0.6 is 23.4 Å². The molecule has 1 atom stereocenters. The summed E-state index contributed by atoms with van der Waals surface area (Å²) in [6, 6.07) is 13.2. The van der Waals surface area contributed by atoms with Crippen LogP contribution in [0.15, 0.2) is 47.6 Å². The number of nitrogens with one attached hydrogen (secondary N) is 1. The van der Waals surface area contributed by atoms with Gasteiger partial charge in [-0.05, 0) is 51.1 Å². The van der Waals surface area contributed by atoms with Gasteiger partial charge in [0.25, 0.3) is 0 Å². The van der Waals surface area contributed by atoms with Gasteiger partial charge in [-0.25, -0.2) is 0 Å². The van der Waals surface area contributed by atoms with Crippen LogP contribution in [0.3, 0.4) is 0 Å². The Bertz CT molecular complexity index is 988. The first-order valence-corrected chi connectivity index (χ1v) is 9.95. The first kappa shape index (κ1) is 20.2. The lowest BCUT2D eigenvalue weighted by Crippen LogP contribution is -2.23. The Hall–Kier alpha value is -2.51. The van der Waals surface area contributed by atoms with Gasteiger partial charge in [-0.3, -0.25) is 9.36 Å². The van der Waals surface area contributed by atoms with Crippen LogP contribution in [0.2, 0.25) is 5.02 Å². The van der Waals surface area contributed by atoms with Crippen molar-refractivity contribution < 1.29 is 9.53 Å². The molecule has 8 heteroatoms. The number of aryl methyl sites for hydroxylation is 2. The number of nitrogens with zero attached hydrogens (tertiary/aromatic N) is 3. The highest BCUT2D eigenvalue weighted by Crippen LogP contribution is 2.30. The average Bonchev–Trinajstić information content (AvgIpc) is 3.03. The predicted molar refractivity (Wildman–Crippen MR) is 113 cm³/mol. The van der Waals surface area contributed by atoms with Crippen molar-refractivity contribution in [3.8, 4) is 11.4 Å². The number of methoxy groups -OCH3 is 1. The van der Waals surface area contributed by atoms with E-state index in [1.807, 2.05) is 49.6 Å². The fourth-order valence-corrected chi connectivity index (χ4v) is 3.72. The minimum Gasteiger partial charge on any atom is -0.495 e. The number of ether oxygens (including phenoxy) is 1. The molecule has 0 aliphatic heterocycles. The Labute approximate surface area is 173 Å². The fraction of sp³-hybridized carbons (Fsp3) is 0.250. The van der Waals surface area contributed by atoms with E-state index in [1.54, 1.807) is 25.3 Å². The van der Waals surface area contributed by atoms with Crippen LogP contribution in [0.25, 0.3) is 5.69 Å². The second kappa shape index (κ2) is 8.67. The van der Waals surface area contributed by atoms with Crippen molar-refractivity contribution in [3.05, 3.63) is 58.9 Å². The van der Waals surface area contributed by atoms with E-state index in [2.05, 4.69) is 15.5 Å². The number of amides is 1. The van der Waals surface area contributed by atoms with Crippen molar-refractivity contribution in [3.63, 3.8) is 0 Å². The van der Waals surface area contributed by atoms with Crippen LogP contribution in [-0.4, -0.2) is 33.0 Å². The second-order valence-electron chi connectivity index (χ2n) is 6.29. The highest BCUT2D eigenvalue weighted by Gasteiger charge is 2.21. The molecule has 0 unspecified atom stereocenters. The van der Waals surface area contributed by atoms with Crippen LogP contribution in [-0.2, 0) is 4.79 Å². The van der Waals surface area contributed by atoms with Gasteiger partial charge >= 0.3 is 0 Å². The molecule has 28 heavy (non-hydrogen) atoms. The van der Waals surface area contributed by atoms with Crippen LogP contribution in [0.1, 0.15) is 18.3 Å². The first-order valence-electron chi connectivity index (χ1n) is 8.69. The van der Waals surface area contributed by atoms with Crippen molar-refractivity contribution in [2.45, 2.75) is 31.2 Å². The minimum absolute atomic E-state index is 0.179. The second-order valence-corrected chi connectivity index (χ2v) is 8.04. The van der Waals surface area contributed by atoms with Gasteiger partial charge in [0.15, 0.2) is 5.16 Å². The van der Waals surface area contributed by atoms with Crippen molar-refractivity contribution in [1.29, 1.82) is 0 Å². The zero-order chi connectivity index (χ0) is 20.3. The first-order chi connectivity index (χ1) is 13.4. The zero-order valence-corrected chi connectivity index (χ0v) is 17.6. The molecule has 0 bridgehead atoms. The third kappa shape index (κ3) is 4.48. The maximum absolute atomic E-state index is 12.7. The van der Waals surface area contributed by atoms with Crippen LogP contribution in [0, 0.1) is 13.8 Å². The summed E-state index contributed by atoms with van der Waals surface area (Å²) in [4.78, 5) is 12.7. The monoisotopic (exact) mass is 416 g/mol. The molecule has 0 spiro atoms. The molecule has 6 nitrogen and oxygen atoms in total. The van der Waals surface area contributed by atoms with E-state index in [0.29, 0.717) is 21.6 Å². The van der Waals surface area contributed by atoms with Gasteiger partial charge in [0.2, 0.25) is 5.91 Å². The lowest BCUT2D eigenvalue weighted by Gasteiger charge is -2.15. The van der Waals surface area contributed by atoms with E-state index in [-0.39, 0.29) is 5.91 Å². The number of aromatic nitrogens is 3. The van der Waals surface area contributed by atoms with Gasteiger partial charge in [0, 0.05) is 10.7 Å². The van der Waals surface area contributed by atoms with Gasteiger partial charge in [-0.15, -0.1) is 10.2 Å². The molecule has 0 saturated heterocycles. The molecule has 3 rings (SSSR count). The van der Waals surface area contributed by atoms with E-state index in [9.17, 15) is 4.79 Å². The molecule has 3 aromatic rings. The molecular formula is C20H21ClN4O2S. The molecule has 1 aromatic heterocycles. The maximum Gasteiger partial charge on any atom is 0.237 e. The SMILES string of the molecule is COc1ccc(Cl)cc1NC(=O)[C@@H](C)Sc1nnc(C)n1-c1ccc(C)cc1. The molecule has 2 aromatic carbocycles. The number of rotatable bonds is 6. The van der Waals surface area contributed by atoms with Crippen LogP contribution in [0.5, 0.6) is 5.75 Å².